The van der Waals surface area contributed by atoms with Crippen LogP contribution >= 0.6 is 0 Å². The second-order valence-corrected chi connectivity index (χ2v) is 6.53. The second kappa shape index (κ2) is 9.24. The van der Waals surface area contributed by atoms with E-state index in [-0.39, 0.29) is 0 Å². The van der Waals surface area contributed by atoms with Crippen molar-refractivity contribution >= 4 is 0 Å². The molecule has 0 spiro atoms. The van der Waals surface area contributed by atoms with Crippen molar-refractivity contribution in [1.82, 2.24) is 15.1 Å². The highest BCUT2D eigenvalue weighted by molar-refractivity contribution is 5.02. The molecule has 21 heavy (non-hydrogen) atoms. The van der Waals surface area contributed by atoms with Crippen molar-refractivity contribution in [3.8, 4) is 0 Å². The minimum Gasteiger partial charge on any atom is -0.314 e. The van der Waals surface area contributed by atoms with Crippen molar-refractivity contribution in [3.05, 3.63) is 18.0 Å². The number of hydrogen-bond acceptors (Lipinski definition) is 2. The summed E-state index contributed by atoms with van der Waals surface area (Å²) in [6.07, 6.45) is 15.3. The summed E-state index contributed by atoms with van der Waals surface area (Å²) in [5, 5.41) is 8.49. The molecule has 2 rings (SSSR count). The fourth-order valence-electron chi connectivity index (χ4n) is 3.49. The average Bonchev–Trinajstić information content (AvgIpc) is 2.97. The van der Waals surface area contributed by atoms with E-state index >= 15 is 0 Å². The molecule has 1 unspecified atom stereocenters. The van der Waals surface area contributed by atoms with Gasteiger partial charge in [0.25, 0.3) is 0 Å². The van der Waals surface area contributed by atoms with Gasteiger partial charge in [0, 0.05) is 18.7 Å². The number of aromatic nitrogens is 2. The molecule has 1 aliphatic carbocycles. The molecule has 1 aromatic rings. The molecule has 1 aliphatic rings. The number of nitrogens with zero attached hydrogens (tertiary/aromatic N) is 2. The molecule has 0 saturated heterocycles. The number of hydrogen-bond donors (Lipinski definition) is 1. The Bertz CT molecular complexity index is 380. The van der Waals surface area contributed by atoms with Gasteiger partial charge in [-0.15, -0.1) is 0 Å². The highest BCUT2D eigenvalue weighted by Gasteiger charge is 2.17. The normalized spacial score (nSPS) is 18.0. The van der Waals surface area contributed by atoms with Crippen LogP contribution in [-0.4, -0.2) is 22.4 Å². The fourth-order valence-corrected chi connectivity index (χ4v) is 3.49. The predicted octanol–water partition coefficient (Wildman–Crippen LogP) is 4.49. The van der Waals surface area contributed by atoms with Crippen molar-refractivity contribution in [2.75, 3.05) is 6.54 Å². The van der Waals surface area contributed by atoms with Crippen LogP contribution in [0.4, 0.5) is 0 Å². The summed E-state index contributed by atoms with van der Waals surface area (Å²) < 4.78 is 2.24. The molecule has 1 N–H and O–H groups in total. The quantitative estimate of drug-likeness (QED) is 0.679. The van der Waals surface area contributed by atoms with Crippen LogP contribution in [0, 0.1) is 0 Å². The molecule has 1 atom stereocenters. The first-order chi connectivity index (χ1) is 10.3. The zero-order chi connectivity index (χ0) is 14.9. The number of rotatable bonds is 9. The maximum absolute atomic E-state index is 4.86. The van der Waals surface area contributed by atoms with Crippen LogP contribution in [0.25, 0.3) is 0 Å². The first kappa shape index (κ1) is 16.5. The van der Waals surface area contributed by atoms with E-state index in [9.17, 15) is 0 Å². The summed E-state index contributed by atoms with van der Waals surface area (Å²) in [5.41, 5.74) is 1.27. The standard InChI is InChI=1S/C18H33N3/c1-3-5-7-10-16(19-4-2)15-17-13-14-21(20-17)18-11-8-6-9-12-18/h13-14,16,18-19H,3-12,15H2,1-2H3. The van der Waals surface area contributed by atoms with Gasteiger partial charge >= 0.3 is 0 Å². The Morgan fingerprint density at radius 3 is 2.76 bits per heavy atom. The highest BCUT2D eigenvalue weighted by Crippen LogP contribution is 2.27. The van der Waals surface area contributed by atoms with Gasteiger partial charge in [0.15, 0.2) is 0 Å². The molecule has 1 saturated carbocycles. The van der Waals surface area contributed by atoms with Gasteiger partial charge in [-0.2, -0.15) is 5.10 Å². The zero-order valence-electron chi connectivity index (χ0n) is 14.0. The topological polar surface area (TPSA) is 29.9 Å². The third kappa shape index (κ3) is 5.46. The van der Waals surface area contributed by atoms with E-state index in [1.165, 1.54) is 63.5 Å². The van der Waals surface area contributed by atoms with Crippen molar-refractivity contribution in [2.24, 2.45) is 0 Å². The van der Waals surface area contributed by atoms with Crippen LogP contribution in [0.15, 0.2) is 12.3 Å². The Labute approximate surface area is 130 Å². The maximum Gasteiger partial charge on any atom is 0.0640 e. The minimum absolute atomic E-state index is 0.594. The average molecular weight is 291 g/mol. The summed E-state index contributed by atoms with van der Waals surface area (Å²) in [4.78, 5) is 0. The summed E-state index contributed by atoms with van der Waals surface area (Å²) in [6, 6.07) is 3.49. The van der Waals surface area contributed by atoms with Crippen LogP contribution < -0.4 is 5.32 Å². The molecule has 0 radical (unpaired) electrons. The lowest BCUT2D eigenvalue weighted by atomic mass is 9.96. The second-order valence-electron chi connectivity index (χ2n) is 6.53. The lowest BCUT2D eigenvalue weighted by Gasteiger charge is -2.22. The lowest BCUT2D eigenvalue weighted by molar-refractivity contribution is 0.327. The third-order valence-electron chi connectivity index (χ3n) is 4.72. The first-order valence-corrected chi connectivity index (χ1v) is 9.11. The van der Waals surface area contributed by atoms with Gasteiger partial charge in [0.1, 0.15) is 0 Å². The van der Waals surface area contributed by atoms with Crippen molar-refractivity contribution in [1.29, 1.82) is 0 Å². The van der Waals surface area contributed by atoms with E-state index in [0.717, 1.165) is 13.0 Å². The SMILES string of the molecule is CCCCCC(Cc1ccn(C2CCCCC2)n1)NCC. The van der Waals surface area contributed by atoms with E-state index in [1.807, 2.05) is 0 Å². The number of nitrogens with one attached hydrogen (secondary N) is 1. The molecule has 1 heterocycles. The smallest absolute Gasteiger partial charge is 0.0640 e. The minimum atomic E-state index is 0.594. The monoisotopic (exact) mass is 291 g/mol. The van der Waals surface area contributed by atoms with Crippen molar-refractivity contribution in [3.63, 3.8) is 0 Å². The number of likely N-dealkylation sites (N-methyl/N-ethyl adjacent to an activating group) is 1. The van der Waals surface area contributed by atoms with E-state index < -0.39 is 0 Å². The first-order valence-electron chi connectivity index (χ1n) is 9.11. The van der Waals surface area contributed by atoms with Gasteiger partial charge in [0.05, 0.1) is 11.7 Å². The Kier molecular flexibility index (Phi) is 7.28. The fraction of sp³-hybridized carbons (Fsp3) is 0.833. The van der Waals surface area contributed by atoms with E-state index in [0.29, 0.717) is 12.1 Å². The van der Waals surface area contributed by atoms with Gasteiger partial charge in [-0.3, -0.25) is 4.68 Å². The van der Waals surface area contributed by atoms with Crippen LogP contribution in [0.2, 0.25) is 0 Å². The Hall–Kier alpha value is -0.830. The molecule has 120 valence electrons. The van der Waals surface area contributed by atoms with Gasteiger partial charge in [-0.1, -0.05) is 52.4 Å². The Balaban J connectivity index is 1.86. The molecular formula is C18H33N3. The van der Waals surface area contributed by atoms with E-state index in [1.54, 1.807) is 0 Å². The summed E-state index contributed by atoms with van der Waals surface area (Å²) in [7, 11) is 0. The van der Waals surface area contributed by atoms with Crippen LogP contribution in [0.5, 0.6) is 0 Å². The van der Waals surface area contributed by atoms with Crippen molar-refractivity contribution in [2.45, 2.75) is 90.1 Å². The predicted molar refractivity (Wildman–Crippen MR) is 89.7 cm³/mol. The van der Waals surface area contributed by atoms with Gasteiger partial charge < -0.3 is 5.32 Å². The zero-order valence-corrected chi connectivity index (χ0v) is 14.0. The van der Waals surface area contributed by atoms with E-state index in [2.05, 4.69) is 36.1 Å². The molecule has 1 fully saturated rings. The molecule has 3 nitrogen and oxygen atoms in total. The molecule has 0 aliphatic heterocycles. The third-order valence-corrected chi connectivity index (χ3v) is 4.72. The molecule has 3 heteroatoms. The van der Waals surface area contributed by atoms with Crippen LogP contribution in [0.1, 0.15) is 83.4 Å². The Morgan fingerprint density at radius 2 is 2.05 bits per heavy atom. The summed E-state index contributed by atoms with van der Waals surface area (Å²) >= 11 is 0. The molecule has 0 bridgehead atoms. The van der Waals surface area contributed by atoms with Gasteiger partial charge in [-0.25, -0.2) is 0 Å². The van der Waals surface area contributed by atoms with Crippen molar-refractivity contribution < 1.29 is 0 Å². The van der Waals surface area contributed by atoms with Crippen LogP contribution in [0.3, 0.4) is 0 Å². The molecule has 1 aromatic heterocycles. The summed E-state index contributed by atoms with van der Waals surface area (Å²) in [5.74, 6) is 0. The lowest BCUT2D eigenvalue weighted by Crippen LogP contribution is -2.31. The van der Waals surface area contributed by atoms with E-state index in [4.69, 9.17) is 5.10 Å². The summed E-state index contributed by atoms with van der Waals surface area (Å²) in [6.45, 7) is 5.53. The molecule has 0 amide bonds. The molecular weight excluding hydrogens is 258 g/mol. The number of unbranched alkanes of at least 4 members (excludes halogenated alkanes) is 2. The Morgan fingerprint density at radius 1 is 1.24 bits per heavy atom. The van der Waals surface area contributed by atoms with Gasteiger partial charge in [0.2, 0.25) is 0 Å². The highest BCUT2D eigenvalue weighted by atomic mass is 15.3. The van der Waals surface area contributed by atoms with Crippen LogP contribution in [-0.2, 0) is 6.42 Å². The largest absolute Gasteiger partial charge is 0.314 e. The maximum atomic E-state index is 4.86. The molecule has 0 aromatic carbocycles. The van der Waals surface area contributed by atoms with Gasteiger partial charge in [-0.05, 0) is 31.9 Å².